The molecule has 5 heteroatoms. The van der Waals surface area contributed by atoms with Crippen molar-refractivity contribution in [2.24, 2.45) is 5.92 Å². The molecular weight excluding hydrogens is 246 g/mol. The van der Waals surface area contributed by atoms with E-state index in [-0.39, 0.29) is 0 Å². The molecule has 1 unspecified atom stereocenters. The summed E-state index contributed by atoms with van der Waals surface area (Å²) >= 11 is 1.59. The third-order valence-corrected chi connectivity index (χ3v) is 4.01. The first-order valence-corrected chi connectivity index (χ1v) is 7.22. The van der Waals surface area contributed by atoms with E-state index >= 15 is 0 Å². The van der Waals surface area contributed by atoms with E-state index in [4.69, 9.17) is 0 Å². The number of fused-ring (bicyclic) bond motifs is 1. The number of nitrogens with zero attached hydrogens (tertiary/aromatic N) is 3. The number of carbonyl (C=O) groups is 1. The zero-order valence-corrected chi connectivity index (χ0v) is 12.1. The van der Waals surface area contributed by atoms with Crippen molar-refractivity contribution in [3.63, 3.8) is 0 Å². The highest BCUT2D eigenvalue weighted by atomic mass is 32.1. The average molecular weight is 265 g/mol. The third kappa shape index (κ3) is 2.32. The largest absolute Gasteiger partial charge is 0.296 e. The van der Waals surface area contributed by atoms with Crippen LogP contribution >= 0.6 is 11.3 Å². The lowest BCUT2D eigenvalue weighted by molar-refractivity contribution is 0.111. The van der Waals surface area contributed by atoms with Crippen molar-refractivity contribution in [2.45, 2.75) is 46.5 Å². The van der Waals surface area contributed by atoms with E-state index in [2.05, 4.69) is 37.8 Å². The van der Waals surface area contributed by atoms with Crippen molar-refractivity contribution >= 4 is 22.6 Å². The summed E-state index contributed by atoms with van der Waals surface area (Å²) < 4.78 is 1.71. The van der Waals surface area contributed by atoms with Crippen molar-refractivity contribution in [1.82, 2.24) is 14.6 Å². The Morgan fingerprint density at radius 3 is 2.67 bits per heavy atom. The molecule has 0 radical (unpaired) electrons. The Kier molecular flexibility index (Phi) is 3.80. The molecule has 4 nitrogen and oxygen atoms in total. The lowest BCUT2D eigenvalue weighted by Crippen LogP contribution is -2.01. The van der Waals surface area contributed by atoms with Crippen LogP contribution in [0.5, 0.6) is 0 Å². The minimum Gasteiger partial charge on any atom is -0.296 e. The van der Waals surface area contributed by atoms with Crippen molar-refractivity contribution in [2.75, 3.05) is 0 Å². The molecule has 2 rings (SSSR count). The van der Waals surface area contributed by atoms with Crippen LogP contribution in [0.15, 0.2) is 0 Å². The number of aldehydes is 1. The topological polar surface area (TPSA) is 47.3 Å². The third-order valence-electron chi connectivity index (χ3n) is 3.08. The normalized spacial score (nSPS) is 13.4. The Morgan fingerprint density at radius 1 is 1.39 bits per heavy atom. The van der Waals surface area contributed by atoms with Gasteiger partial charge in [0, 0.05) is 12.3 Å². The summed E-state index contributed by atoms with van der Waals surface area (Å²) in [4.78, 5) is 16.7. The number of rotatable bonds is 5. The molecule has 0 aromatic carbocycles. The Balaban J connectivity index is 2.46. The predicted molar refractivity (Wildman–Crippen MR) is 73.5 cm³/mol. The van der Waals surface area contributed by atoms with Gasteiger partial charge in [-0.1, -0.05) is 39.0 Å². The van der Waals surface area contributed by atoms with E-state index in [9.17, 15) is 4.79 Å². The smallest absolute Gasteiger partial charge is 0.213 e. The Labute approximate surface area is 111 Å². The van der Waals surface area contributed by atoms with Gasteiger partial charge in [0.15, 0.2) is 6.29 Å². The summed E-state index contributed by atoms with van der Waals surface area (Å²) in [5, 5.41) is 5.55. The van der Waals surface area contributed by atoms with Crippen LogP contribution in [0.25, 0.3) is 4.96 Å². The molecule has 2 aromatic rings. The maximum Gasteiger partial charge on any atom is 0.213 e. The van der Waals surface area contributed by atoms with Gasteiger partial charge in [-0.3, -0.25) is 4.79 Å². The lowest BCUT2D eigenvalue weighted by Gasteiger charge is -2.04. The summed E-state index contributed by atoms with van der Waals surface area (Å²) in [6.45, 7) is 8.52. The zero-order valence-electron chi connectivity index (χ0n) is 11.3. The number of aromatic nitrogens is 3. The lowest BCUT2D eigenvalue weighted by atomic mass is 10.0. The maximum absolute atomic E-state index is 11.3. The molecule has 0 aliphatic rings. The van der Waals surface area contributed by atoms with E-state index in [1.165, 1.54) is 0 Å². The van der Waals surface area contributed by atoms with Crippen LogP contribution in [0.4, 0.5) is 0 Å². The van der Waals surface area contributed by atoms with Crippen LogP contribution in [0.2, 0.25) is 0 Å². The molecule has 2 heterocycles. The molecule has 1 atom stereocenters. The molecule has 98 valence electrons. The van der Waals surface area contributed by atoms with Gasteiger partial charge in [0.05, 0.1) is 5.69 Å². The molecule has 0 bridgehead atoms. The summed E-state index contributed by atoms with van der Waals surface area (Å²) in [6, 6.07) is 0. The van der Waals surface area contributed by atoms with Gasteiger partial charge in [-0.2, -0.15) is 9.61 Å². The molecule has 2 aromatic heterocycles. The molecule has 0 spiro atoms. The van der Waals surface area contributed by atoms with Gasteiger partial charge < -0.3 is 0 Å². The molecule has 0 fully saturated rings. The summed E-state index contributed by atoms with van der Waals surface area (Å²) in [5.74, 6) is 0.863. The molecule has 0 saturated carbocycles. The van der Waals surface area contributed by atoms with Crippen LogP contribution in [0, 0.1) is 5.92 Å². The number of hydrogen-bond donors (Lipinski definition) is 0. The second kappa shape index (κ2) is 5.18. The van der Waals surface area contributed by atoms with Crippen molar-refractivity contribution < 1.29 is 4.79 Å². The summed E-state index contributed by atoms with van der Waals surface area (Å²) in [6.07, 6.45) is 2.79. The second-order valence-electron chi connectivity index (χ2n) is 5.10. The Hall–Kier alpha value is -1.23. The van der Waals surface area contributed by atoms with Crippen LogP contribution in [-0.2, 0) is 6.42 Å². The first kappa shape index (κ1) is 13.2. The molecule has 0 saturated heterocycles. The minimum absolute atomic E-state index is 0.299. The molecule has 0 aliphatic carbocycles. The summed E-state index contributed by atoms with van der Waals surface area (Å²) in [7, 11) is 0. The number of carbonyl (C=O) groups excluding carboxylic acids is 1. The number of imidazole rings is 1. The monoisotopic (exact) mass is 265 g/mol. The van der Waals surface area contributed by atoms with Gasteiger partial charge in [-0.25, -0.2) is 4.98 Å². The minimum atomic E-state index is 0.299. The van der Waals surface area contributed by atoms with Crippen LogP contribution in [-0.4, -0.2) is 20.9 Å². The highest BCUT2D eigenvalue weighted by Gasteiger charge is 2.19. The standard InChI is InChI=1S/C13H19N3OS/c1-5-9(4)12-10(7-17)16-13(14-12)18-11(15-16)6-8(2)3/h7-9H,5-6H2,1-4H3. The van der Waals surface area contributed by atoms with Crippen LogP contribution in [0.3, 0.4) is 0 Å². The van der Waals surface area contributed by atoms with Crippen molar-refractivity contribution in [3.8, 4) is 0 Å². The van der Waals surface area contributed by atoms with Crippen molar-refractivity contribution in [3.05, 3.63) is 16.4 Å². The van der Waals surface area contributed by atoms with E-state index in [1.807, 2.05) is 0 Å². The van der Waals surface area contributed by atoms with Gasteiger partial charge in [0.1, 0.15) is 10.7 Å². The van der Waals surface area contributed by atoms with Crippen molar-refractivity contribution in [1.29, 1.82) is 0 Å². The quantitative estimate of drug-likeness (QED) is 0.779. The van der Waals surface area contributed by atoms with Crippen LogP contribution in [0.1, 0.15) is 61.2 Å². The molecular formula is C13H19N3OS. The fraction of sp³-hybridized carbons (Fsp3) is 0.615. The average Bonchev–Trinajstić information content (AvgIpc) is 2.83. The van der Waals surface area contributed by atoms with Gasteiger partial charge >= 0.3 is 0 Å². The van der Waals surface area contributed by atoms with Crippen LogP contribution < -0.4 is 0 Å². The van der Waals surface area contributed by atoms with Gasteiger partial charge in [-0.15, -0.1) is 0 Å². The van der Waals surface area contributed by atoms with Gasteiger partial charge in [0.2, 0.25) is 4.96 Å². The van der Waals surface area contributed by atoms with Gasteiger partial charge in [0.25, 0.3) is 0 Å². The summed E-state index contributed by atoms with van der Waals surface area (Å²) in [5.41, 5.74) is 1.49. The predicted octanol–water partition coefficient (Wildman–Crippen LogP) is 3.32. The van der Waals surface area contributed by atoms with Gasteiger partial charge in [-0.05, 0) is 12.3 Å². The first-order valence-electron chi connectivity index (χ1n) is 6.40. The fourth-order valence-electron chi connectivity index (χ4n) is 1.92. The van der Waals surface area contributed by atoms with E-state index in [1.54, 1.807) is 15.9 Å². The van der Waals surface area contributed by atoms with E-state index in [0.717, 1.165) is 34.8 Å². The SMILES string of the molecule is CCC(C)c1nc2sc(CC(C)C)nn2c1C=O. The molecule has 18 heavy (non-hydrogen) atoms. The maximum atomic E-state index is 11.3. The van der Waals surface area contributed by atoms with E-state index < -0.39 is 0 Å². The second-order valence-corrected chi connectivity index (χ2v) is 6.14. The highest BCUT2D eigenvalue weighted by molar-refractivity contribution is 7.16. The Morgan fingerprint density at radius 2 is 2.11 bits per heavy atom. The van der Waals surface area contributed by atoms with E-state index in [0.29, 0.717) is 17.5 Å². The first-order chi connectivity index (χ1) is 8.56. The fourth-order valence-corrected chi connectivity index (χ4v) is 3.04. The molecule has 0 amide bonds. The Bertz CT molecular complexity index is 556. The zero-order chi connectivity index (χ0) is 13.3. The highest BCUT2D eigenvalue weighted by Crippen LogP contribution is 2.25. The molecule has 0 aliphatic heterocycles. The number of hydrogen-bond acceptors (Lipinski definition) is 4. The molecule has 0 N–H and O–H groups in total.